The molecule has 3 aromatic rings. The molecule has 1 heterocycles. The van der Waals surface area contributed by atoms with Crippen LogP contribution in [0, 0.1) is 0 Å². The molecule has 0 aliphatic carbocycles. The normalized spacial score (nSPS) is 11.6. The predicted octanol–water partition coefficient (Wildman–Crippen LogP) is 4.45. The molecule has 5 heteroatoms. The van der Waals surface area contributed by atoms with Gasteiger partial charge in [-0.05, 0) is 36.8 Å². The number of ether oxygens (including phenoxy) is 1. The number of carbonyl (C=O) groups is 2. The second kappa shape index (κ2) is 7.49. The van der Waals surface area contributed by atoms with Gasteiger partial charge in [-0.2, -0.15) is 0 Å². The third kappa shape index (κ3) is 3.95. The highest BCUT2D eigenvalue weighted by Crippen LogP contribution is 2.22. The van der Waals surface area contributed by atoms with E-state index in [1.807, 2.05) is 30.3 Å². The molecule has 0 aliphatic heterocycles. The molecule has 1 amide bonds. The van der Waals surface area contributed by atoms with Gasteiger partial charge in [-0.3, -0.25) is 4.79 Å². The van der Waals surface area contributed by atoms with E-state index in [-0.39, 0.29) is 11.3 Å². The van der Waals surface area contributed by atoms with Gasteiger partial charge in [-0.1, -0.05) is 42.5 Å². The maximum absolute atomic E-state index is 12.5. The van der Waals surface area contributed by atoms with Crippen molar-refractivity contribution in [2.75, 3.05) is 5.32 Å². The molecule has 0 unspecified atom stereocenters. The van der Waals surface area contributed by atoms with E-state index in [1.54, 1.807) is 43.3 Å². The van der Waals surface area contributed by atoms with Crippen molar-refractivity contribution < 1.29 is 18.7 Å². The average molecular weight is 335 g/mol. The van der Waals surface area contributed by atoms with Gasteiger partial charge in [-0.15, -0.1) is 0 Å². The minimum Gasteiger partial charge on any atom is -0.459 e. The third-order valence-corrected chi connectivity index (χ3v) is 3.69. The summed E-state index contributed by atoms with van der Waals surface area (Å²) in [5, 5.41) is 2.67. The molecule has 1 N–H and O–H groups in total. The molecule has 25 heavy (non-hydrogen) atoms. The minimum atomic E-state index is -0.508. The first-order valence-corrected chi connectivity index (χ1v) is 7.85. The smallest absolute Gasteiger partial charge is 0.340 e. The Morgan fingerprint density at radius 1 is 0.960 bits per heavy atom. The van der Waals surface area contributed by atoms with E-state index in [9.17, 15) is 9.59 Å². The number of furan rings is 1. The molecule has 2 aromatic carbocycles. The second-order valence-electron chi connectivity index (χ2n) is 5.44. The van der Waals surface area contributed by atoms with Crippen LogP contribution in [0.15, 0.2) is 77.4 Å². The summed E-state index contributed by atoms with van der Waals surface area (Å²) in [6.45, 7) is 1.80. The SMILES string of the molecule is C[C@@H](OC(=O)c1ccccc1NC(=O)c1ccco1)c1ccccc1. The largest absolute Gasteiger partial charge is 0.459 e. The lowest BCUT2D eigenvalue weighted by Gasteiger charge is -2.15. The van der Waals surface area contributed by atoms with Gasteiger partial charge in [0.25, 0.3) is 5.91 Å². The van der Waals surface area contributed by atoms with Gasteiger partial charge in [0.2, 0.25) is 0 Å². The lowest BCUT2D eigenvalue weighted by molar-refractivity contribution is 0.0339. The number of amides is 1. The van der Waals surface area contributed by atoms with Crippen molar-refractivity contribution in [2.24, 2.45) is 0 Å². The average Bonchev–Trinajstić information content (AvgIpc) is 3.17. The van der Waals surface area contributed by atoms with Gasteiger partial charge >= 0.3 is 5.97 Å². The summed E-state index contributed by atoms with van der Waals surface area (Å²) in [6, 6.07) is 19.3. The minimum absolute atomic E-state index is 0.167. The van der Waals surface area contributed by atoms with Crippen molar-refractivity contribution in [3.8, 4) is 0 Å². The van der Waals surface area contributed by atoms with Gasteiger partial charge < -0.3 is 14.5 Å². The Hall–Kier alpha value is -3.34. The highest BCUT2D eigenvalue weighted by molar-refractivity contribution is 6.06. The number of anilines is 1. The summed E-state index contributed by atoms with van der Waals surface area (Å²) in [5.41, 5.74) is 1.55. The molecule has 0 bridgehead atoms. The Morgan fingerprint density at radius 3 is 2.40 bits per heavy atom. The van der Waals surface area contributed by atoms with Crippen LogP contribution < -0.4 is 5.32 Å². The molecular formula is C20H17NO4. The molecule has 0 saturated carbocycles. The van der Waals surface area contributed by atoms with Crippen LogP contribution in [0.1, 0.15) is 39.5 Å². The zero-order valence-electron chi connectivity index (χ0n) is 13.6. The molecular weight excluding hydrogens is 318 g/mol. The van der Waals surface area contributed by atoms with Gasteiger partial charge in [0, 0.05) is 0 Å². The molecule has 0 spiro atoms. The molecule has 0 saturated heterocycles. The van der Waals surface area contributed by atoms with Crippen LogP contribution in [0.2, 0.25) is 0 Å². The standard InChI is InChI=1S/C20H17NO4/c1-14(15-8-3-2-4-9-15)25-20(23)16-10-5-6-11-17(16)21-19(22)18-12-7-13-24-18/h2-14H,1H3,(H,21,22)/t14-/m1/s1. The van der Waals surface area contributed by atoms with E-state index in [0.29, 0.717) is 5.69 Å². The van der Waals surface area contributed by atoms with Crippen molar-refractivity contribution in [3.05, 3.63) is 89.9 Å². The number of esters is 1. The van der Waals surface area contributed by atoms with Crippen LogP contribution in [-0.4, -0.2) is 11.9 Å². The van der Waals surface area contributed by atoms with Crippen LogP contribution in [-0.2, 0) is 4.74 Å². The molecule has 1 aromatic heterocycles. The monoisotopic (exact) mass is 335 g/mol. The third-order valence-electron chi connectivity index (χ3n) is 3.69. The quantitative estimate of drug-likeness (QED) is 0.699. The molecule has 126 valence electrons. The molecule has 5 nitrogen and oxygen atoms in total. The summed E-state index contributed by atoms with van der Waals surface area (Å²) < 4.78 is 10.6. The van der Waals surface area contributed by atoms with Gasteiger partial charge in [0.05, 0.1) is 17.5 Å². The number of carbonyl (C=O) groups excluding carboxylic acids is 2. The first-order chi connectivity index (χ1) is 12.1. The van der Waals surface area contributed by atoms with Crippen LogP contribution in [0.4, 0.5) is 5.69 Å². The first-order valence-electron chi connectivity index (χ1n) is 7.85. The highest BCUT2D eigenvalue weighted by atomic mass is 16.5. The second-order valence-corrected chi connectivity index (χ2v) is 5.44. The van der Waals surface area contributed by atoms with Crippen molar-refractivity contribution in [1.82, 2.24) is 0 Å². The Balaban J connectivity index is 1.76. The molecule has 0 radical (unpaired) electrons. The maximum Gasteiger partial charge on any atom is 0.340 e. The number of hydrogen-bond donors (Lipinski definition) is 1. The Morgan fingerprint density at radius 2 is 1.68 bits per heavy atom. The Kier molecular flexibility index (Phi) is 4.95. The zero-order valence-corrected chi connectivity index (χ0v) is 13.6. The summed E-state index contributed by atoms with van der Waals surface area (Å²) in [4.78, 5) is 24.7. The number of benzene rings is 2. The Labute approximate surface area is 145 Å². The number of nitrogens with one attached hydrogen (secondary N) is 1. The topological polar surface area (TPSA) is 68.5 Å². The van der Waals surface area contributed by atoms with Crippen molar-refractivity contribution in [1.29, 1.82) is 0 Å². The highest BCUT2D eigenvalue weighted by Gasteiger charge is 2.19. The van der Waals surface area contributed by atoms with Crippen molar-refractivity contribution >= 4 is 17.6 Å². The fourth-order valence-corrected chi connectivity index (χ4v) is 2.38. The molecule has 0 aliphatic rings. The van der Waals surface area contributed by atoms with E-state index in [2.05, 4.69) is 5.32 Å². The van der Waals surface area contributed by atoms with Gasteiger partial charge in [-0.25, -0.2) is 4.79 Å². The summed E-state index contributed by atoms with van der Waals surface area (Å²) >= 11 is 0. The van der Waals surface area contributed by atoms with E-state index in [1.165, 1.54) is 6.26 Å². The molecule has 3 rings (SSSR count). The summed E-state index contributed by atoms with van der Waals surface area (Å²) in [5.74, 6) is -0.770. The van der Waals surface area contributed by atoms with E-state index >= 15 is 0 Å². The predicted molar refractivity (Wildman–Crippen MR) is 93.4 cm³/mol. The summed E-state index contributed by atoms with van der Waals surface area (Å²) in [7, 11) is 0. The van der Waals surface area contributed by atoms with E-state index < -0.39 is 18.0 Å². The van der Waals surface area contributed by atoms with Crippen LogP contribution in [0.3, 0.4) is 0 Å². The molecule has 0 fully saturated rings. The van der Waals surface area contributed by atoms with E-state index in [4.69, 9.17) is 9.15 Å². The summed E-state index contributed by atoms with van der Waals surface area (Å²) in [6.07, 6.45) is 1.01. The number of para-hydroxylation sites is 1. The fourth-order valence-electron chi connectivity index (χ4n) is 2.38. The van der Waals surface area contributed by atoms with E-state index in [0.717, 1.165) is 5.56 Å². The van der Waals surface area contributed by atoms with Crippen molar-refractivity contribution in [3.63, 3.8) is 0 Å². The lowest BCUT2D eigenvalue weighted by atomic mass is 10.1. The van der Waals surface area contributed by atoms with Gasteiger partial charge in [0.1, 0.15) is 6.10 Å². The maximum atomic E-state index is 12.5. The first kappa shape index (κ1) is 16.5. The van der Waals surface area contributed by atoms with Gasteiger partial charge in [0.15, 0.2) is 5.76 Å². The Bertz CT molecular complexity index is 856. The van der Waals surface area contributed by atoms with Crippen LogP contribution in [0.5, 0.6) is 0 Å². The van der Waals surface area contributed by atoms with Crippen LogP contribution >= 0.6 is 0 Å². The molecule has 1 atom stereocenters. The fraction of sp³-hybridized carbons (Fsp3) is 0.100. The number of hydrogen-bond acceptors (Lipinski definition) is 4. The van der Waals surface area contributed by atoms with Crippen LogP contribution in [0.25, 0.3) is 0 Å². The van der Waals surface area contributed by atoms with Crippen molar-refractivity contribution in [2.45, 2.75) is 13.0 Å². The number of rotatable bonds is 5. The lowest BCUT2D eigenvalue weighted by Crippen LogP contribution is -2.16. The zero-order chi connectivity index (χ0) is 17.6.